The van der Waals surface area contributed by atoms with Crippen molar-refractivity contribution in [3.63, 3.8) is 0 Å². The predicted molar refractivity (Wildman–Crippen MR) is 134 cm³/mol. The van der Waals surface area contributed by atoms with Crippen molar-refractivity contribution >= 4 is 51.5 Å². The lowest BCUT2D eigenvalue weighted by molar-refractivity contribution is -0.140. The Labute approximate surface area is 205 Å². The predicted octanol–water partition coefficient (Wildman–Crippen LogP) is 4.68. The van der Waals surface area contributed by atoms with Gasteiger partial charge in [-0.3, -0.25) is 9.59 Å². The highest BCUT2D eigenvalue weighted by molar-refractivity contribution is 14.1. The van der Waals surface area contributed by atoms with Gasteiger partial charge in [0, 0.05) is 32.8 Å². The van der Waals surface area contributed by atoms with Crippen LogP contribution in [0, 0.1) is 39.1 Å². The molecule has 1 saturated heterocycles. The first kappa shape index (κ1) is 19.7. The van der Waals surface area contributed by atoms with Gasteiger partial charge in [0.25, 0.3) is 11.8 Å². The zero-order valence-corrected chi connectivity index (χ0v) is 20.0. The normalized spacial score (nSPS) is 31.6. The van der Waals surface area contributed by atoms with Crippen LogP contribution in [0.4, 0.5) is 0 Å². The summed E-state index contributed by atoms with van der Waals surface area (Å²) in [5, 5.41) is 6.69. The number of imide groups is 1. The fraction of sp³-hybridized carbons (Fsp3) is 0.296. The summed E-state index contributed by atoms with van der Waals surface area (Å²) in [7, 11) is 0. The van der Waals surface area contributed by atoms with E-state index in [-0.39, 0.29) is 35.5 Å². The van der Waals surface area contributed by atoms with E-state index in [1.54, 1.807) is 6.21 Å². The van der Waals surface area contributed by atoms with Crippen molar-refractivity contribution in [1.82, 2.24) is 9.58 Å². The second-order valence-electron chi connectivity index (χ2n) is 9.74. The number of allylic oxidation sites excluding steroid dienone is 2. The second-order valence-corrected chi connectivity index (χ2v) is 11.0. The first-order valence-corrected chi connectivity index (χ1v) is 12.6. The number of hydrazone groups is 1. The van der Waals surface area contributed by atoms with E-state index in [1.807, 2.05) is 12.1 Å². The molecule has 6 atom stereocenters. The SMILES string of the molecule is O=C1[C@@H]2[C@H]3C=C[C@@H]([C@@H]4C[C@H]34)[C@H]2C(=O)N1/N=C\c1cn(Cc2ccc(I)cc2)c2ccccc12. The van der Waals surface area contributed by atoms with E-state index in [9.17, 15) is 9.59 Å². The smallest absolute Gasteiger partial charge is 0.254 e. The van der Waals surface area contributed by atoms with E-state index in [0.717, 1.165) is 23.0 Å². The summed E-state index contributed by atoms with van der Waals surface area (Å²) in [5.74, 6) is 0.978. The number of halogens is 1. The number of amides is 2. The van der Waals surface area contributed by atoms with Gasteiger partial charge in [-0.15, -0.1) is 0 Å². The fourth-order valence-electron chi connectivity index (χ4n) is 6.47. The van der Waals surface area contributed by atoms with Crippen LogP contribution in [0.25, 0.3) is 10.9 Å². The molecule has 2 aromatic carbocycles. The molecular formula is C27H22IN3O2. The zero-order chi connectivity index (χ0) is 22.3. The van der Waals surface area contributed by atoms with Gasteiger partial charge in [0.15, 0.2) is 0 Å². The lowest BCUT2D eigenvalue weighted by Gasteiger charge is -2.37. The molecule has 8 rings (SSSR count). The summed E-state index contributed by atoms with van der Waals surface area (Å²) < 4.78 is 3.41. The Morgan fingerprint density at radius 1 is 0.939 bits per heavy atom. The highest BCUT2D eigenvalue weighted by Crippen LogP contribution is 2.65. The number of benzene rings is 2. The van der Waals surface area contributed by atoms with Gasteiger partial charge in [0.05, 0.1) is 18.1 Å². The molecular weight excluding hydrogens is 525 g/mol. The Hall–Kier alpha value is -2.74. The second kappa shape index (κ2) is 7.13. The fourth-order valence-corrected chi connectivity index (χ4v) is 6.83. The van der Waals surface area contributed by atoms with E-state index in [1.165, 1.54) is 20.6 Å². The monoisotopic (exact) mass is 547 g/mol. The number of hydrogen-bond acceptors (Lipinski definition) is 3. The minimum atomic E-state index is -0.212. The van der Waals surface area contributed by atoms with Gasteiger partial charge in [-0.05, 0) is 76.4 Å². The maximum absolute atomic E-state index is 13.2. The minimum Gasteiger partial charge on any atom is -0.342 e. The average Bonchev–Trinajstić information content (AvgIpc) is 3.54. The van der Waals surface area contributed by atoms with Crippen LogP contribution in [0.5, 0.6) is 0 Å². The minimum absolute atomic E-state index is 0.117. The van der Waals surface area contributed by atoms with Crippen molar-refractivity contribution in [2.75, 3.05) is 0 Å². The van der Waals surface area contributed by atoms with Gasteiger partial charge >= 0.3 is 0 Å². The van der Waals surface area contributed by atoms with Gasteiger partial charge in [0.1, 0.15) is 0 Å². The Kier molecular flexibility index (Phi) is 4.26. The van der Waals surface area contributed by atoms with Gasteiger partial charge in [-0.2, -0.15) is 10.1 Å². The molecule has 0 unspecified atom stereocenters. The number of fused-ring (bicyclic) bond motifs is 1. The molecule has 0 spiro atoms. The first-order valence-electron chi connectivity index (χ1n) is 11.5. The number of aromatic nitrogens is 1. The molecule has 2 saturated carbocycles. The zero-order valence-electron chi connectivity index (χ0n) is 17.8. The Morgan fingerprint density at radius 3 is 2.30 bits per heavy atom. The topological polar surface area (TPSA) is 54.7 Å². The van der Waals surface area contributed by atoms with Crippen LogP contribution in [-0.2, 0) is 16.1 Å². The maximum atomic E-state index is 13.2. The molecule has 1 aromatic heterocycles. The molecule has 2 amide bonds. The van der Waals surface area contributed by atoms with E-state index in [2.05, 4.69) is 87.0 Å². The van der Waals surface area contributed by atoms with Crippen LogP contribution in [0.15, 0.2) is 72.0 Å². The van der Waals surface area contributed by atoms with Crippen LogP contribution >= 0.6 is 22.6 Å². The lowest BCUT2D eigenvalue weighted by Crippen LogP contribution is -2.40. The number of hydrogen-bond donors (Lipinski definition) is 0. The van der Waals surface area contributed by atoms with Crippen LogP contribution in [0.2, 0.25) is 0 Å². The van der Waals surface area contributed by atoms with Crippen molar-refractivity contribution in [3.05, 3.63) is 81.6 Å². The third-order valence-electron chi connectivity index (χ3n) is 8.04. The van der Waals surface area contributed by atoms with Crippen LogP contribution in [-0.4, -0.2) is 27.6 Å². The molecule has 1 aliphatic heterocycles. The van der Waals surface area contributed by atoms with Gasteiger partial charge in [0.2, 0.25) is 0 Å². The Morgan fingerprint density at radius 2 is 1.61 bits per heavy atom. The molecule has 2 heterocycles. The maximum Gasteiger partial charge on any atom is 0.254 e. The van der Waals surface area contributed by atoms with Gasteiger partial charge in [-0.25, -0.2) is 0 Å². The molecule has 0 radical (unpaired) electrons. The largest absolute Gasteiger partial charge is 0.342 e. The highest BCUT2D eigenvalue weighted by Gasteiger charge is 2.67. The van der Waals surface area contributed by atoms with Crippen molar-refractivity contribution in [2.24, 2.45) is 40.6 Å². The molecule has 164 valence electrons. The number of para-hydroxylation sites is 1. The Bertz CT molecular complexity index is 1340. The third-order valence-corrected chi connectivity index (χ3v) is 8.76. The molecule has 2 bridgehead atoms. The van der Waals surface area contributed by atoms with Crippen LogP contribution in [0.3, 0.4) is 0 Å². The molecule has 6 heteroatoms. The Balaban J connectivity index is 1.20. The van der Waals surface area contributed by atoms with Gasteiger partial charge < -0.3 is 4.57 Å². The molecule has 3 fully saturated rings. The van der Waals surface area contributed by atoms with E-state index in [0.29, 0.717) is 11.8 Å². The standard InChI is InChI=1S/C27H22IN3O2/c28-17-7-5-15(6-8-17)13-30-14-16(18-3-1-2-4-23(18)30)12-29-31-26(32)24-19-9-10-20(22-11-21(19)22)25(24)27(31)33/h1-10,12,14,19-22,24-25H,11,13H2/b29-12-/t19-,20-,21-,22+,24+,25+/m0/s1. The number of rotatable bonds is 4. The first-order chi connectivity index (χ1) is 16.1. The molecule has 3 aromatic rings. The van der Waals surface area contributed by atoms with E-state index < -0.39 is 0 Å². The molecule has 5 aliphatic rings. The van der Waals surface area contributed by atoms with Crippen LogP contribution in [0.1, 0.15) is 17.5 Å². The number of nitrogens with zero attached hydrogens (tertiary/aromatic N) is 3. The van der Waals surface area contributed by atoms with Crippen molar-refractivity contribution in [3.8, 4) is 0 Å². The summed E-state index contributed by atoms with van der Waals surface area (Å²) >= 11 is 2.31. The van der Waals surface area contributed by atoms with E-state index in [4.69, 9.17) is 0 Å². The van der Waals surface area contributed by atoms with E-state index >= 15 is 0 Å². The lowest BCUT2D eigenvalue weighted by atomic mass is 9.63. The molecule has 33 heavy (non-hydrogen) atoms. The molecule has 5 nitrogen and oxygen atoms in total. The summed E-state index contributed by atoms with van der Waals surface area (Å²) in [6.07, 6.45) is 9.30. The van der Waals surface area contributed by atoms with Crippen LogP contribution < -0.4 is 0 Å². The van der Waals surface area contributed by atoms with Crippen molar-refractivity contribution in [2.45, 2.75) is 13.0 Å². The summed E-state index contributed by atoms with van der Waals surface area (Å²) in [6, 6.07) is 16.7. The molecule has 4 aliphatic carbocycles. The number of carbonyl (C=O) groups is 2. The molecule has 0 N–H and O–H groups in total. The number of carbonyl (C=O) groups excluding carboxylic acids is 2. The van der Waals surface area contributed by atoms with Gasteiger partial charge in [-0.1, -0.05) is 42.5 Å². The third kappa shape index (κ3) is 2.92. The summed E-state index contributed by atoms with van der Waals surface area (Å²) in [4.78, 5) is 26.4. The quantitative estimate of drug-likeness (QED) is 0.206. The summed E-state index contributed by atoms with van der Waals surface area (Å²) in [6.45, 7) is 0.745. The van der Waals surface area contributed by atoms with Crippen molar-refractivity contribution in [1.29, 1.82) is 0 Å². The highest BCUT2D eigenvalue weighted by atomic mass is 127. The summed E-state index contributed by atoms with van der Waals surface area (Å²) in [5.41, 5.74) is 3.23. The van der Waals surface area contributed by atoms with Crippen molar-refractivity contribution < 1.29 is 9.59 Å². The average molecular weight is 547 g/mol.